The first kappa shape index (κ1) is 14.2. The summed E-state index contributed by atoms with van der Waals surface area (Å²) in [7, 11) is 0. The van der Waals surface area contributed by atoms with Gasteiger partial charge in [0.05, 0.1) is 16.3 Å². The highest BCUT2D eigenvalue weighted by molar-refractivity contribution is 7.19. The van der Waals surface area contributed by atoms with Crippen molar-refractivity contribution in [1.82, 2.24) is 4.98 Å². The van der Waals surface area contributed by atoms with E-state index in [4.69, 9.17) is 9.47 Å². The molecule has 3 rings (SSSR count). The van der Waals surface area contributed by atoms with Crippen LogP contribution in [-0.2, 0) is 14.3 Å². The van der Waals surface area contributed by atoms with Crippen molar-refractivity contribution in [2.24, 2.45) is 0 Å². The Hall–Kier alpha value is -1.72. The molecule has 1 atom stereocenters. The highest BCUT2D eigenvalue weighted by atomic mass is 32.1. The number of hydrogen-bond donors (Lipinski definition) is 0. The average molecular weight is 303 g/mol. The Bertz CT molecular complexity index is 611. The number of thiazole rings is 1. The van der Waals surface area contributed by atoms with Crippen LogP contribution in [0.25, 0.3) is 16.3 Å². The number of ether oxygens (including phenoxy) is 2. The van der Waals surface area contributed by atoms with E-state index in [0.717, 1.165) is 41.1 Å². The molecule has 1 aliphatic heterocycles. The molecule has 0 N–H and O–H groups in total. The van der Waals surface area contributed by atoms with Crippen LogP contribution in [0.5, 0.6) is 0 Å². The Kier molecular flexibility index (Phi) is 4.62. The van der Waals surface area contributed by atoms with Gasteiger partial charge >= 0.3 is 5.97 Å². The number of para-hydroxylation sites is 1. The van der Waals surface area contributed by atoms with Crippen molar-refractivity contribution in [1.29, 1.82) is 0 Å². The lowest BCUT2D eigenvalue weighted by Gasteiger charge is -2.21. The highest BCUT2D eigenvalue weighted by Gasteiger charge is 2.15. The van der Waals surface area contributed by atoms with Gasteiger partial charge in [-0.2, -0.15) is 0 Å². The molecule has 2 aromatic rings. The Morgan fingerprint density at radius 2 is 2.33 bits per heavy atom. The molecule has 2 heterocycles. The second-order valence-corrected chi connectivity index (χ2v) is 6.03. The van der Waals surface area contributed by atoms with Crippen molar-refractivity contribution in [2.45, 2.75) is 25.4 Å². The van der Waals surface area contributed by atoms with Gasteiger partial charge in [0, 0.05) is 12.7 Å². The van der Waals surface area contributed by atoms with Crippen LogP contribution in [0.1, 0.15) is 24.3 Å². The number of esters is 1. The number of nitrogens with zero attached hydrogens (tertiary/aromatic N) is 1. The van der Waals surface area contributed by atoms with Crippen molar-refractivity contribution in [2.75, 3.05) is 13.2 Å². The third kappa shape index (κ3) is 3.89. The zero-order chi connectivity index (χ0) is 14.5. The first-order valence-corrected chi connectivity index (χ1v) is 7.95. The van der Waals surface area contributed by atoms with Crippen LogP contribution in [0.15, 0.2) is 30.3 Å². The normalized spacial score (nSPS) is 19.1. The lowest BCUT2D eigenvalue weighted by Crippen LogP contribution is -2.25. The van der Waals surface area contributed by atoms with E-state index in [9.17, 15) is 4.79 Å². The maximum atomic E-state index is 11.7. The van der Waals surface area contributed by atoms with Crippen molar-refractivity contribution < 1.29 is 14.3 Å². The van der Waals surface area contributed by atoms with Crippen molar-refractivity contribution in [3.8, 4) is 0 Å². The summed E-state index contributed by atoms with van der Waals surface area (Å²) in [5.74, 6) is -0.344. The van der Waals surface area contributed by atoms with Gasteiger partial charge in [-0.1, -0.05) is 12.1 Å². The van der Waals surface area contributed by atoms with Crippen LogP contribution in [0, 0.1) is 0 Å². The average Bonchev–Trinajstić information content (AvgIpc) is 2.95. The summed E-state index contributed by atoms with van der Waals surface area (Å²) in [6, 6.07) is 7.91. The molecule has 1 aliphatic rings. The van der Waals surface area contributed by atoms with Crippen LogP contribution in [0.3, 0.4) is 0 Å². The van der Waals surface area contributed by atoms with E-state index in [0.29, 0.717) is 6.61 Å². The summed E-state index contributed by atoms with van der Waals surface area (Å²) in [6.45, 7) is 1.10. The molecular formula is C16H17NO3S. The summed E-state index contributed by atoms with van der Waals surface area (Å²) >= 11 is 1.56. The second-order valence-electron chi connectivity index (χ2n) is 4.97. The van der Waals surface area contributed by atoms with Gasteiger partial charge in [-0.3, -0.25) is 0 Å². The van der Waals surface area contributed by atoms with Gasteiger partial charge in [0.25, 0.3) is 0 Å². The van der Waals surface area contributed by atoms with Crippen LogP contribution < -0.4 is 0 Å². The first-order valence-electron chi connectivity index (χ1n) is 7.13. The third-order valence-corrected chi connectivity index (χ3v) is 4.36. The van der Waals surface area contributed by atoms with Crippen LogP contribution in [0.2, 0.25) is 0 Å². The minimum atomic E-state index is -0.344. The minimum Gasteiger partial charge on any atom is -0.460 e. The van der Waals surface area contributed by atoms with Gasteiger partial charge in [-0.05, 0) is 37.5 Å². The second kappa shape index (κ2) is 6.83. The molecule has 5 heteroatoms. The Labute approximate surface area is 127 Å². The maximum absolute atomic E-state index is 11.7. The van der Waals surface area contributed by atoms with Gasteiger partial charge in [0.15, 0.2) is 0 Å². The SMILES string of the molecule is O=C(C=Cc1nc2ccccc2s1)OCC1CCCCO1. The maximum Gasteiger partial charge on any atom is 0.330 e. The van der Waals surface area contributed by atoms with E-state index < -0.39 is 0 Å². The minimum absolute atomic E-state index is 0.0542. The zero-order valence-electron chi connectivity index (χ0n) is 11.7. The van der Waals surface area contributed by atoms with E-state index in [1.54, 1.807) is 17.4 Å². The summed E-state index contributed by atoms with van der Waals surface area (Å²) in [4.78, 5) is 16.1. The summed E-state index contributed by atoms with van der Waals surface area (Å²) in [6.07, 6.45) is 6.40. The molecule has 0 spiro atoms. The van der Waals surface area contributed by atoms with Crippen molar-refractivity contribution >= 4 is 33.6 Å². The van der Waals surface area contributed by atoms with Crippen molar-refractivity contribution in [3.63, 3.8) is 0 Å². The molecule has 0 amide bonds. The predicted molar refractivity (Wildman–Crippen MR) is 83.2 cm³/mol. The highest BCUT2D eigenvalue weighted by Crippen LogP contribution is 2.22. The molecule has 0 saturated carbocycles. The molecule has 1 aromatic heterocycles. The molecule has 1 unspecified atom stereocenters. The van der Waals surface area contributed by atoms with Gasteiger partial charge in [-0.25, -0.2) is 9.78 Å². The molecule has 4 nitrogen and oxygen atoms in total. The molecular weight excluding hydrogens is 286 g/mol. The molecule has 110 valence electrons. The topological polar surface area (TPSA) is 48.4 Å². The van der Waals surface area contributed by atoms with Gasteiger partial charge < -0.3 is 9.47 Å². The predicted octanol–water partition coefficient (Wildman–Crippen LogP) is 3.42. The standard InChI is InChI=1S/C16H17NO3S/c18-16(20-11-12-5-3-4-10-19-12)9-8-15-17-13-6-1-2-7-14(13)21-15/h1-2,6-9,12H,3-5,10-11H2. The quantitative estimate of drug-likeness (QED) is 0.641. The number of fused-ring (bicyclic) bond motifs is 1. The van der Waals surface area contributed by atoms with Gasteiger partial charge in [0.1, 0.15) is 11.6 Å². The van der Waals surface area contributed by atoms with E-state index in [-0.39, 0.29) is 12.1 Å². The lowest BCUT2D eigenvalue weighted by atomic mass is 10.1. The van der Waals surface area contributed by atoms with E-state index in [1.165, 1.54) is 6.08 Å². The molecule has 1 aromatic carbocycles. The fourth-order valence-corrected chi connectivity index (χ4v) is 3.13. The summed E-state index contributed by atoms with van der Waals surface area (Å²) in [5, 5.41) is 0.807. The van der Waals surface area contributed by atoms with E-state index in [1.807, 2.05) is 24.3 Å². The summed E-state index contributed by atoms with van der Waals surface area (Å²) in [5.41, 5.74) is 0.950. The first-order chi connectivity index (χ1) is 10.3. The zero-order valence-corrected chi connectivity index (χ0v) is 12.5. The molecule has 0 bridgehead atoms. The number of hydrogen-bond acceptors (Lipinski definition) is 5. The Morgan fingerprint density at radius 1 is 1.43 bits per heavy atom. The molecule has 1 fully saturated rings. The lowest BCUT2D eigenvalue weighted by molar-refractivity contribution is -0.143. The van der Waals surface area contributed by atoms with E-state index >= 15 is 0 Å². The third-order valence-electron chi connectivity index (χ3n) is 3.36. The van der Waals surface area contributed by atoms with Crippen LogP contribution in [0.4, 0.5) is 0 Å². The van der Waals surface area contributed by atoms with Crippen LogP contribution in [-0.4, -0.2) is 30.3 Å². The fraction of sp³-hybridized carbons (Fsp3) is 0.375. The molecule has 0 radical (unpaired) electrons. The smallest absolute Gasteiger partial charge is 0.330 e. The Balaban J connectivity index is 1.53. The molecule has 0 aliphatic carbocycles. The molecule has 1 saturated heterocycles. The number of carbonyl (C=O) groups excluding carboxylic acids is 1. The largest absolute Gasteiger partial charge is 0.460 e. The van der Waals surface area contributed by atoms with Gasteiger partial charge in [-0.15, -0.1) is 11.3 Å². The number of carbonyl (C=O) groups is 1. The monoisotopic (exact) mass is 303 g/mol. The fourth-order valence-electron chi connectivity index (χ4n) is 2.26. The molecule has 21 heavy (non-hydrogen) atoms. The number of rotatable bonds is 4. The number of benzene rings is 1. The van der Waals surface area contributed by atoms with Crippen LogP contribution >= 0.6 is 11.3 Å². The van der Waals surface area contributed by atoms with Crippen molar-refractivity contribution in [3.05, 3.63) is 35.3 Å². The number of aromatic nitrogens is 1. The Morgan fingerprint density at radius 3 is 3.14 bits per heavy atom. The summed E-state index contributed by atoms with van der Waals surface area (Å²) < 4.78 is 11.8. The van der Waals surface area contributed by atoms with E-state index in [2.05, 4.69) is 4.98 Å². The van der Waals surface area contributed by atoms with Gasteiger partial charge in [0.2, 0.25) is 0 Å².